The zero-order valence-electron chi connectivity index (χ0n) is 9.67. The van der Waals surface area contributed by atoms with Gasteiger partial charge in [-0.05, 0) is 36.2 Å². The molecule has 1 heterocycles. The first-order valence-electron chi connectivity index (χ1n) is 5.36. The van der Waals surface area contributed by atoms with Gasteiger partial charge in [-0.25, -0.2) is 9.37 Å². The number of anilines is 1. The van der Waals surface area contributed by atoms with Crippen molar-refractivity contribution in [1.29, 1.82) is 0 Å². The smallest absolute Gasteiger partial charge is 0.152 e. The van der Waals surface area contributed by atoms with Gasteiger partial charge in [-0.3, -0.25) is 0 Å². The lowest BCUT2D eigenvalue weighted by Crippen LogP contribution is -2.01. The minimum atomic E-state index is -0.426. The van der Waals surface area contributed by atoms with Crippen molar-refractivity contribution in [1.82, 2.24) is 4.98 Å². The summed E-state index contributed by atoms with van der Waals surface area (Å²) in [6.07, 6.45) is 1.69. The van der Waals surface area contributed by atoms with Gasteiger partial charge in [0, 0.05) is 12.7 Å². The second kappa shape index (κ2) is 5.55. The molecule has 2 rings (SSSR count). The first kappa shape index (κ1) is 13.1. The molecule has 0 radical (unpaired) electrons. The fraction of sp³-hybridized carbons (Fsp3) is 0.154. The van der Waals surface area contributed by atoms with Gasteiger partial charge in [-0.1, -0.05) is 29.3 Å². The van der Waals surface area contributed by atoms with E-state index in [0.717, 1.165) is 16.8 Å². The molecule has 0 atom stereocenters. The largest absolute Gasteiger partial charge is 0.378 e. The Bertz CT molecular complexity index is 573. The molecular weight excluding hydrogens is 274 g/mol. The molecular formula is C13H11Cl2FN2. The van der Waals surface area contributed by atoms with Gasteiger partial charge in [0.2, 0.25) is 0 Å². The van der Waals surface area contributed by atoms with Crippen molar-refractivity contribution >= 4 is 28.9 Å². The lowest BCUT2D eigenvalue weighted by molar-refractivity contribution is 0.626. The van der Waals surface area contributed by atoms with Crippen LogP contribution < -0.4 is 5.32 Å². The maximum atomic E-state index is 13.3. The van der Waals surface area contributed by atoms with Gasteiger partial charge in [0.15, 0.2) is 5.15 Å². The summed E-state index contributed by atoms with van der Waals surface area (Å²) in [5, 5.41) is 3.63. The Balaban J connectivity index is 2.11. The SMILES string of the molecule is Cc1cnc(Cl)c(NCc2ccc(Cl)c(F)c2)c1. The number of hydrogen-bond acceptors (Lipinski definition) is 2. The van der Waals surface area contributed by atoms with Crippen LogP contribution in [-0.4, -0.2) is 4.98 Å². The molecule has 0 spiro atoms. The molecule has 5 heteroatoms. The average Bonchev–Trinajstić information content (AvgIpc) is 2.34. The van der Waals surface area contributed by atoms with Gasteiger partial charge in [0.1, 0.15) is 5.82 Å². The zero-order valence-corrected chi connectivity index (χ0v) is 11.2. The fourth-order valence-electron chi connectivity index (χ4n) is 1.52. The number of pyridine rings is 1. The van der Waals surface area contributed by atoms with E-state index in [-0.39, 0.29) is 5.02 Å². The molecule has 1 aromatic carbocycles. The predicted molar refractivity (Wildman–Crippen MR) is 72.7 cm³/mol. The maximum absolute atomic E-state index is 13.3. The Morgan fingerprint density at radius 3 is 2.78 bits per heavy atom. The van der Waals surface area contributed by atoms with Crippen molar-refractivity contribution in [2.45, 2.75) is 13.5 Å². The van der Waals surface area contributed by atoms with Crippen LogP contribution >= 0.6 is 23.2 Å². The van der Waals surface area contributed by atoms with Crippen molar-refractivity contribution in [3.63, 3.8) is 0 Å². The van der Waals surface area contributed by atoms with Gasteiger partial charge in [0.05, 0.1) is 10.7 Å². The Labute approximate surface area is 115 Å². The molecule has 18 heavy (non-hydrogen) atoms. The number of halogens is 3. The number of aromatic nitrogens is 1. The summed E-state index contributed by atoms with van der Waals surface area (Å²) in [4.78, 5) is 4.03. The Morgan fingerprint density at radius 1 is 1.28 bits per heavy atom. The van der Waals surface area contributed by atoms with Gasteiger partial charge in [-0.2, -0.15) is 0 Å². The molecule has 0 saturated carbocycles. The molecule has 0 unspecified atom stereocenters. The number of nitrogens with zero attached hydrogens (tertiary/aromatic N) is 1. The van der Waals surface area contributed by atoms with E-state index in [1.165, 1.54) is 12.1 Å². The van der Waals surface area contributed by atoms with Gasteiger partial charge in [0.25, 0.3) is 0 Å². The summed E-state index contributed by atoms with van der Waals surface area (Å²) in [6.45, 7) is 2.38. The Hall–Kier alpha value is -1.32. The highest BCUT2D eigenvalue weighted by Crippen LogP contribution is 2.21. The molecule has 2 nitrogen and oxygen atoms in total. The molecule has 94 valence electrons. The van der Waals surface area contributed by atoms with Crippen LogP contribution in [0.1, 0.15) is 11.1 Å². The normalized spacial score (nSPS) is 10.4. The number of nitrogens with one attached hydrogen (secondary N) is 1. The van der Waals surface area contributed by atoms with Crippen LogP contribution in [0.15, 0.2) is 30.5 Å². The maximum Gasteiger partial charge on any atom is 0.152 e. The molecule has 0 fully saturated rings. The summed E-state index contributed by atoms with van der Waals surface area (Å²) in [5.41, 5.74) is 2.52. The summed E-state index contributed by atoms with van der Waals surface area (Å²) >= 11 is 11.6. The quantitative estimate of drug-likeness (QED) is 0.843. The summed E-state index contributed by atoms with van der Waals surface area (Å²) in [6, 6.07) is 6.58. The molecule has 1 aromatic heterocycles. The molecule has 0 amide bonds. The fourth-order valence-corrected chi connectivity index (χ4v) is 1.81. The van der Waals surface area contributed by atoms with Crippen LogP contribution in [0.4, 0.5) is 10.1 Å². The lowest BCUT2D eigenvalue weighted by atomic mass is 10.2. The molecule has 1 N–H and O–H groups in total. The molecule has 0 bridgehead atoms. The summed E-state index contributed by atoms with van der Waals surface area (Å²) < 4.78 is 13.3. The van der Waals surface area contributed by atoms with Crippen molar-refractivity contribution in [2.75, 3.05) is 5.32 Å². The van der Waals surface area contributed by atoms with E-state index in [0.29, 0.717) is 11.7 Å². The average molecular weight is 285 g/mol. The highest BCUT2D eigenvalue weighted by Gasteiger charge is 2.04. The van der Waals surface area contributed by atoms with Crippen molar-refractivity contribution in [2.24, 2.45) is 0 Å². The summed E-state index contributed by atoms with van der Waals surface area (Å²) in [7, 11) is 0. The van der Waals surface area contributed by atoms with E-state index in [9.17, 15) is 4.39 Å². The van der Waals surface area contributed by atoms with Crippen LogP contribution in [0, 0.1) is 12.7 Å². The van der Waals surface area contributed by atoms with Gasteiger partial charge in [-0.15, -0.1) is 0 Å². The third-order valence-corrected chi connectivity index (χ3v) is 3.05. The van der Waals surface area contributed by atoms with Crippen LogP contribution in [0.3, 0.4) is 0 Å². The first-order valence-corrected chi connectivity index (χ1v) is 6.12. The predicted octanol–water partition coefficient (Wildman–Crippen LogP) is 4.45. The van der Waals surface area contributed by atoms with Crippen LogP contribution in [-0.2, 0) is 6.54 Å². The van der Waals surface area contributed by atoms with Gasteiger partial charge < -0.3 is 5.32 Å². The van der Waals surface area contributed by atoms with Crippen LogP contribution in [0.2, 0.25) is 10.2 Å². The van der Waals surface area contributed by atoms with E-state index in [1.807, 2.05) is 13.0 Å². The molecule has 0 aliphatic carbocycles. The topological polar surface area (TPSA) is 24.9 Å². The van der Waals surface area contributed by atoms with Gasteiger partial charge >= 0.3 is 0 Å². The minimum Gasteiger partial charge on any atom is -0.378 e. The standard InChI is InChI=1S/C13H11Cl2FN2/c1-8-4-12(13(15)18-6-8)17-7-9-2-3-10(14)11(16)5-9/h2-6,17H,7H2,1H3. The van der Waals surface area contributed by atoms with Crippen molar-refractivity contribution in [3.8, 4) is 0 Å². The third-order valence-electron chi connectivity index (χ3n) is 2.44. The second-order valence-electron chi connectivity index (χ2n) is 3.95. The lowest BCUT2D eigenvalue weighted by Gasteiger charge is -2.09. The van der Waals surface area contributed by atoms with E-state index < -0.39 is 5.82 Å². The molecule has 0 aliphatic heterocycles. The van der Waals surface area contributed by atoms with Crippen LogP contribution in [0.25, 0.3) is 0 Å². The van der Waals surface area contributed by atoms with E-state index in [1.54, 1.807) is 12.3 Å². The second-order valence-corrected chi connectivity index (χ2v) is 4.72. The van der Waals surface area contributed by atoms with E-state index in [4.69, 9.17) is 23.2 Å². The molecule has 0 saturated heterocycles. The Kier molecular flexibility index (Phi) is 4.04. The number of benzene rings is 1. The minimum absolute atomic E-state index is 0.119. The van der Waals surface area contributed by atoms with Crippen molar-refractivity contribution < 1.29 is 4.39 Å². The molecule has 0 aliphatic rings. The van der Waals surface area contributed by atoms with E-state index >= 15 is 0 Å². The first-order chi connectivity index (χ1) is 8.56. The highest BCUT2D eigenvalue weighted by molar-refractivity contribution is 6.32. The number of aryl methyl sites for hydroxylation is 1. The zero-order chi connectivity index (χ0) is 13.1. The van der Waals surface area contributed by atoms with E-state index in [2.05, 4.69) is 10.3 Å². The monoisotopic (exact) mass is 284 g/mol. The summed E-state index contributed by atoms with van der Waals surface area (Å²) in [5.74, 6) is -0.426. The number of rotatable bonds is 3. The van der Waals surface area contributed by atoms with Crippen molar-refractivity contribution in [3.05, 3.63) is 57.6 Å². The molecule has 2 aromatic rings. The Morgan fingerprint density at radius 2 is 2.06 bits per heavy atom. The van der Waals surface area contributed by atoms with Crippen LogP contribution in [0.5, 0.6) is 0 Å². The third kappa shape index (κ3) is 3.12. The highest BCUT2D eigenvalue weighted by atomic mass is 35.5. The number of hydrogen-bond donors (Lipinski definition) is 1.